The van der Waals surface area contributed by atoms with Crippen LogP contribution >= 0.6 is 69.7 Å². The minimum atomic E-state index is -0.577. The van der Waals surface area contributed by atoms with E-state index in [-0.39, 0.29) is 65.4 Å². The number of halogens is 1. The van der Waals surface area contributed by atoms with Crippen molar-refractivity contribution in [3.05, 3.63) is 254 Å². The van der Waals surface area contributed by atoms with Crippen molar-refractivity contribution in [2.24, 2.45) is 0 Å². The second-order valence-electron chi connectivity index (χ2n) is 35.2. The predicted molar refractivity (Wildman–Crippen MR) is 581 cm³/mol. The fraction of sp³-hybridized carbons (Fsp3) is 0.486. The van der Waals surface area contributed by atoms with Crippen LogP contribution in [0.25, 0.3) is 0 Å². The summed E-state index contributed by atoms with van der Waals surface area (Å²) >= 11 is 3.38. The third kappa shape index (κ3) is 48.3. The normalized spacial score (nSPS) is 11.3. The van der Waals surface area contributed by atoms with Crippen LogP contribution in [0, 0.1) is 34.6 Å². The van der Waals surface area contributed by atoms with Crippen molar-refractivity contribution in [3.63, 3.8) is 0 Å². The molecule has 0 amide bonds. The number of benzene rings is 6. The van der Waals surface area contributed by atoms with Crippen molar-refractivity contribution in [1.29, 1.82) is 0 Å². The zero-order chi connectivity index (χ0) is 100. The van der Waals surface area contributed by atoms with Gasteiger partial charge in [-0.25, -0.2) is 4.79 Å². The molecule has 0 heterocycles. The number of phenolic OH excluding ortho intramolecular Hbond substituents is 6. The Labute approximate surface area is 818 Å². The highest BCUT2D eigenvalue weighted by Crippen LogP contribution is 2.39. The molecule has 3 atom stereocenters. The van der Waals surface area contributed by atoms with Gasteiger partial charge in [-0.05, 0) is 371 Å². The molecule has 0 aromatic heterocycles. The monoisotopic (exact) mass is 1990 g/mol. The molecule has 0 spiro atoms. The van der Waals surface area contributed by atoms with Gasteiger partial charge in [-0.15, -0.1) is 0 Å². The van der Waals surface area contributed by atoms with Gasteiger partial charge in [0.1, 0.15) is 57.3 Å². The molecule has 730 valence electrons. The molecule has 14 nitrogen and oxygen atoms in total. The average molecular weight is 1990 g/mol. The maximum absolute atomic E-state index is 12.1. The molecule has 0 saturated carbocycles. The number of aromatic hydroxyl groups is 6. The summed E-state index contributed by atoms with van der Waals surface area (Å²) in [5, 5.41) is 63.3. The van der Waals surface area contributed by atoms with Crippen LogP contribution in [-0.4, -0.2) is 49.0 Å². The first kappa shape index (κ1) is 124. The highest BCUT2D eigenvalue weighted by atomic mass is 79.9. The predicted octanol–water partition coefficient (Wildman–Crippen LogP) is 32.7. The quantitative estimate of drug-likeness (QED) is 0.00906. The first-order valence-electron chi connectivity index (χ1n) is 46.8. The van der Waals surface area contributed by atoms with E-state index < -0.39 is 5.97 Å². The van der Waals surface area contributed by atoms with Gasteiger partial charge in [0.05, 0.1) is 46.1 Å². The van der Waals surface area contributed by atoms with E-state index in [0.717, 1.165) is 223 Å². The Hall–Kier alpha value is -7.54. The molecular formula is C111H165BrO14P6. The molecule has 0 saturated heterocycles. The van der Waals surface area contributed by atoms with Crippen molar-refractivity contribution in [2.75, 3.05) is 12.4 Å². The number of rotatable bonds is 43. The Morgan fingerprint density at radius 3 is 0.970 bits per heavy atom. The van der Waals surface area contributed by atoms with E-state index >= 15 is 0 Å². The van der Waals surface area contributed by atoms with Gasteiger partial charge in [-0.2, -0.15) is 0 Å². The lowest BCUT2D eigenvalue weighted by Gasteiger charge is -2.16. The van der Waals surface area contributed by atoms with E-state index in [2.05, 4.69) is 257 Å². The molecule has 0 aliphatic carbocycles. The third-order valence-electron chi connectivity index (χ3n) is 22.2. The van der Waals surface area contributed by atoms with Crippen LogP contribution in [0.4, 0.5) is 0 Å². The lowest BCUT2D eigenvalue weighted by Crippen LogP contribution is -2.09. The SMILES string of the molecule is CC(C)=CCC/C(C)=C/CBr.CCCc1cc(O)c(C/C=C(\C)CCC=C(C)C)c(O)c1C.CCCc1cc(O)c(C/C=C(\C)CCC=C(C)C)c(O)c1C(=O)OC.CCCc1cc(O)cc(O)c1C.CCCc1cc(P=O)c(C/C=C(\C)CCC=C(C)C)c(OP)c1C.CCCc1cc(P=O)c(C/C=C(\C)CCC=C(C)C)c(OP)c1C.CCCc1cc(P=O)cc(OP)c1C. The second kappa shape index (κ2) is 71.0. The third-order valence-corrected chi connectivity index (χ3v) is 24.9. The van der Waals surface area contributed by atoms with Gasteiger partial charge in [0.25, 0.3) is 0 Å². The zero-order valence-electron chi connectivity index (χ0n) is 85.4. The summed E-state index contributed by atoms with van der Waals surface area (Å²) in [4.78, 5) is 12.1. The van der Waals surface area contributed by atoms with Crippen LogP contribution in [-0.2, 0) is 82.6 Å². The Morgan fingerprint density at radius 1 is 0.348 bits per heavy atom. The fourth-order valence-corrected chi connectivity index (χ4v) is 17.2. The number of aryl methyl sites for hydroxylation is 6. The minimum Gasteiger partial charge on any atom is -0.508 e. The smallest absolute Gasteiger partial charge is 0.341 e. The number of carbonyl (C=O) groups is 1. The summed E-state index contributed by atoms with van der Waals surface area (Å²) in [6, 6.07) is 14.4. The van der Waals surface area contributed by atoms with E-state index in [0.29, 0.717) is 36.0 Å². The summed E-state index contributed by atoms with van der Waals surface area (Å²) in [5.74, 6) is 2.54. The number of esters is 1. The highest BCUT2D eigenvalue weighted by molar-refractivity contribution is 9.09. The van der Waals surface area contributed by atoms with E-state index in [9.17, 15) is 49.1 Å². The maximum atomic E-state index is 12.1. The number of phenols is 6. The number of hydrogen-bond acceptors (Lipinski definition) is 14. The summed E-state index contributed by atoms with van der Waals surface area (Å²) < 4.78 is 55.2. The maximum Gasteiger partial charge on any atom is 0.341 e. The highest BCUT2D eigenvalue weighted by Gasteiger charge is 2.24. The van der Waals surface area contributed by atoms with Gasteiger partial charge in [0, 0.05) is 39.0 Å². The van der Waals surface area contributed by atoms with Gasteiger partial charge in [-0.1, -0.05) is 212 Å². The Kier molecular flexibility index (Phi) is 67.0. The van der Waals surface area contributed by atoms with Gasteiger partial charge in [-0.3, -0.25) is 13.7 Å². The van der Waals surface area contributed by atoms with Crippen molar-refractivity contribution < 1.29 is 67.4 Å². The molecule has 0 aliphatic heterocycles. The van der Waals surface area contributed by atoms with Gasteiger partial charge in [0.15, 0.2) is 25.4 Å². The molecule has 0 fully saturated rings. The minimum absolute atomic E-state index is 0.0157. The van der Waals surface area contributed by atoms with Gasteiger partial charge in [0.2, 0.25) is 0 Å². The Morgan fingerprint density at radius 2 is 0.659 bits per heavy atom. The van der Waals surface area contributed by atoms with Crippen LogP contribution in [0.5, 0.6) is 51.7 Å². The molecule has 132 heavy (non-hydrogen) atoms. The molecule has 6 rings (SSSR count). The van der Waals surface area contributed by atoms with Crippen molar-refractivity contribution >= 4 is 91.6 Å². The van der Waals surface area contributed by atoms with Crippen LogP contribution in [0.3, 0.4) is 0 Å². The number of allylic oxidation sites excluding steroid dienone is 20. The Bertz CT molecular complexity index is 4810. The van der Waals surface area contributed by atoms with Crippen LogP contribution in [0.2, 0.25) is 0 Å². The van der Waals surface area contributed by atoms with Crippen molar-refractivity contribution in [3.8, 4) is 51.7 Å². The van der Waals surface area contributed by atoms with Gasteiger partial charge < -0.3 is 48.9 Å². The average Bonchev–Trinajstić information content (AvgIpc) is 0.878. The molecular weight excluding hydrogens is 1820 g/mol. The van der Waals surface area contributed by atoms with Crippen molar-refractivity contribution in [1.82, 2.24) is 0 Å². The molecule has 3 unspecified atom stereocenters. The first-order chi connectivity index (χ1) is 62.6. The largest absolute Gasteiger partial charge is 0.508 e. The van der Waals surface area contributed by atoms with E-state index in [4.69, 9.17) is 18.3 Å². The first-order valence-corrected chi connectivity index (χ1v) is 51.8. The van der Waals surface area contributed by atoms with Crippen LogP contribution in [0.15, 0.2) is 165 Å². The lowest BCUT2D eigenvalue weighted by atomic mass is 9.95. The molecule has 21 heteroatoms. The van der Waals surface area contributed by atoms with Crippen molar-refractivity contribution in [2.45, 2.75) is 347 Å². The molecule has 0 radical (unpaired) electrons. The topological polar surface area (TPSA) is 227 Å². The standard InChI is InChI=1S/C21H30O4.2C20H30O2P2.C20H30O2.C10H17Br.C10H14O2P2.C10H14O2/c1-6-8-16-13-18(22)17(20(23)19(16)21(24)25-5)12-11-15(4)10-7-9-14(2)3;2*1-6-8-17-13-19(24-21)18(20(22-23)16(17)5)12-11-15(4)10-7-9-14(2)3;1-6-8-17-13-19(21)18(20(22)16(17)5)12-11-15(4)10-7-9-14(2)3;1-9(2)5-4-6-10(3)7-8-11;1-3-4-8-5-9(14-11)6-10(12-13)7(8)2;1-3-4-8-5-9(11)6-10(12)7(8)2/h9,11,13,22-23H,6-8,10,12H2,1-5H3;2*9,11,13H,6-8,10,12,23H2,1-5H3;9,11,13,21-22H,6-8,10,12H2,1-5H3;5,7H,4,6,8H2,1-3H3;5-6H,3-4,13H2,1-2H3;5-6,11-12H,3-4H2,1-2H3/b4*15-11+;10-7+;;. The molecule has 6 N–H and O–H groups in total. The summed E-state index contributed by atoms with van der Waals surface area (Å²) in [6.45, 7) is 54.3. The lowest BCUT2D eigenvalue weighted by molar-refractivity contribution is 0.0595. The van der Waals surface area contributed by atoms with E-state index in [1.54, 1.807) is 24.3 Å². The molecule has 0 aliphatic rings. The summed E-state index contributed by atoms with van der Waals surface area (Å²) in [5.41, 5.74) is 28.1. The zero-order valence-corrected chi connectivity index (χ0v) is 93.1. The van der Waals surface area contributed by atoms with E-state index in [1.807, 2.05) is 46.8 Å². The fourth-order valence-electron chi connectivity index (χ4n) is 14.4. The number of carbonyl (C=O) groups excluding carboxylic acids is 1. The molecule has 6 aromatic carbocycles. The molecule has 6 aromatic rings. The Balaban J connectivity index is 0.00000154. The number of methoxy groups -OCH3 is 1. The number of alkyl halides is 1. The van der Waals surface area contributed by atoms with E-state index in [1.165, 1.54) is 98.4 Å². The van der Waals surface area contributed by atoms with Gasteiger partial charge >= 0.3 is 5.97 Å². The number of ether oxygens (including phenoxy) is 1. The summed E-state index contributed by atoms with van der Waals surface area (Å²) in [6.07, 6.45) is 46.3. The molecule has 0 bridgehead atoms. The number of hydrogen-bond donors (Lipinski definition) is 6. The van der Waals surface area contributed by atoms with Crippen LogP contribution in [0.1, 0.15) is 342 Å². The van der Waals surface area contributed by atoms with Crippen LogP contribution < -0.4 is 29.5 Å². The second-order valence-corrected chi connectivity index (χ2v) is 38.5. The summed E-state index contributed by atoms with van der Waals surface area (Å²) in [7, 11) is 8.37.